The number of ether oxygens (including phenoxy) is 6. The molecule has 0 bridgehead atoms. The van der Waals surface area contributed by atoms with Crippen LogP contribution in [0.5, 0.6) is 28.7 Å². The Hall–Kier alpha value is -6.37. The predicted molar refractivity (Wildman–Crippen MR) is 242 cm³/mol. The molecule has 4 aromatic carbocycles. The Morgan fingerprint density at radius 3 is 1.85 bits per heavy atom. The molecule has 3 unspecified atom stereocenters. The fourth-order valence-electron chi connectivity index (χ4n) is 7.94. The minimum atomic E-state index is -1.04. The summed E-state index contributed by atoms with van der Waals surface area (Å²) in [4.78, 5) is 13.7. The van der Waals surface area contributed by atoms with Gasteiger partial charge in [-0.3, -0.25) is 4.79 Å². The molecule has 0 saturated carbocycles. The highest BCUT2D eigenvalue weighted by molar-refractivity contribution is 6.09. The van der Waals surface area contributed by atoms with Crippen LogP contribution in [0.25, 0.3) is 0 Å². The van der Waals surface area contributed by atoms with E-state index in [4.69, 9.17) is 28.4 Å². The van der Waals surface area contributed by atoms with E-state index in [2.05, 4.69) is 43.9 Å². The van der Waals surface area contributed by atoms with Crippen LogP contribution in [-0.2, 0) is 27.9 Å². The fourth-order valence-corrected chi connectivity index (χ4v) is 7.94. The van der Waals surface area contributed by atoms with Crippen LogP contribution >= 0.6 is 0 Å². The molecule has 0 saturated heterocycles. The van der Waals surface area contributed by atoms with E-state index in [1.807, 2.05) is 39.0 Å². The first kappa shape index (κ1) is 45.2. The molecule has 0 spiro atoms. The molecule has 9 nitrogen and oxygen atoms in total. The van der Waals surface area contributed by atoms with Crippen LogP contribution < -0.4 is 18.9 Å². The van der Waals surface area contributed by atoms with Crippen molar-refractivity contribution in [3.05, 3.63) is 159 Å². The topological polar surface area (TPSA) is 113 Å². The summed E-state index contributed by atoms with van der Waals surface area (Å²) in [5.74, 6) is 10.3. The second-order valence-electron chi connectivity index (χ2n) is 17.0. The zero-order valence-corrected chi connectivity index (χ0v) is 37.6. The number of hydrogen-bond acceptors (Lipinski definition) is 9. The number of aliphatic hydroxyl groups excluding tert-OH is 1. The number of carbonyl (C=O) groups is 1. The SMILES string of the molecule is COC1=CC#CC(Cc2cc(C(C)(C)Oc3ccc(C(=O)c4ccc(Oc5cc(CC6C=C(C(C)(C)O)C(OC)=CC6C)c(C)cc5OC)cc4)cc3)c(OC)cc2C)C=C1O. The fraction of sp³-hybridized carbons (Fsp3) is 0.340. The second kappa shape index (κ2) is 18.7. The van der Waals surface area contributed by atoms with Gasteiger partial charge >= 0.3 is 0 Å². The van der Waals surface area contributed by atoms with E-state index >= 15 is 0 Å². The van der Waals surface area contributed by atoms with Crippen molar-refractivity contribution in [1.82, 2.24) is 0 Å². The molecule has 0 aliphatic heterocycles. The Balaban J connectivity index is 1.14. The van der Waals surface area contributed by atoms with Crippen molar-refractivity contribution in [3.63, 3.8) is 0 Å². The Labute approximate surface area is 366 Å². The van der Waals surface area contributed by atoms with Crippen LogP contribution in [0.3, 0.4) is 0 Å². The van der Waals surface area contributed by atoms with E-state index in [0.717, 1.165) is 39.8 Å². The molecule has 2 aliphatic carbocycles. The molecule has 3 atom stereocenters. The average Bonchev–Trinajstić information content (AvgIpc) is 3.42. The summed E-state index contributed by atoms with van der Waals surface area (Å²) in [5, 5.41) is 21.4. The van der Waals surface area contributed by atoms with Gasteiger partial charge in [0.15, 0.2) is 28.8 Å². The number of rotatable bonds is 16. The maximum Gasteiger partial charge on any atom is 0.193 e. The van der Waals surface area contributed by atoms with Crippen LogP contribution in [0.15, 0.2) is 120 Å². The van der Waals surface area contributed by atoms with Crippen molar-refractivity contribution >= 4 is 5.78 Å². The quantitative estimate of drug-likeness (QED) is 0.0841. The van der Waals surface area contributed by atoms with E-state index in [1.165, 1.54) is 7.11 Å². The lowest BCUT2D eigenvalue weighted by atomic mass is 9.78. The van der Waals surface area contributed by atoms with Crippen molar-refractivity contribution in [1.29, 1.82) is 0 Å². The van der Waals surface area contributed by atoms with Gasteiger partial charge in [-0.1, -0.05) is 24.8 Å². The third-order valence-electron chi connectivity index (χ3n) is 11.6. The smallest absolute Gasteiger partial charge is 0.193 e. The number of hydrogen-bond donors (Lipinski definition) is 2. The first-order chi connectivity index (χ1) is 29.4. The lowest BCUT2D eigenvalue weighted by Gasteiger charge is -2.32. The minimum Gasteiger partial charge on any atom is -0.504 e. The van der Waals surface area contributed by atoms with E-state index in [1.54, 1.807) is 95.9 Å². The Morgan fingerprint density at radius 2 is 1.27 bits per heavy atom. The van der Waals surface area contributed by atoms with E-state index < -0.39 is 11.2 Å². The third kappa shape index (κ3) is 10.2. The van der Waals surface area contributed by atoms with Crippen molar-refractivity contribution < 1.29 is 43.4 Å². The summed E-state index contributed by atoms with van der Waals surface area (Å²) >= 11 is 0. The van der Waals surface area contributed by atoms with Gasteiger partial charge in [0.05, 0.1) is 34.0 Å². The standard InChI is InChI=1S/C53H58O9/c1-32-24-48(59-10)44(30-38(32)26-35-13-12-14-46(57-8)45(54)27-35)53(6,7)62-42-21-17-37(18-22-42)51(55)36-15-19-41(20-16-36)61-50-31-40(34(3)25-49(50)60-11)28-39-29-43(52(4,5)56)47(58-9)23-33(39)2/h14-25,27,29-31,33,35,39,54,56H,26,28H2,1-11H3. The summed E-state index contributed by atoms with van der Waals surface area (Å²) in [6.07, 6.45) is 8.80. The maximum absolute atomic E-state index is 13.7. The van der Waals surface area contributed by atoms with Crippen molar-refractivity contribution in [2.45, 2.75) is 72.5 Å². The van der Waals surface area contributed by atoms with Gasteiger partial charge in [-0.25, -0.2) is 0 Å². The largest absolute Gasteiger partial charge is 0.504 e. The summed E-state index contributed by atoms with van der Waals surface area (Å²) in [7, 11) is 6.39. The van der Waals surface area contributed by atoms with E-state index in [-0.39, 0.29) is 29.3 Å². The Kier molecular flexibility index (Phi) is 13.6. The molecule has 6 rings (SSSR count). The highest BCUT2D eigenvalue weighted by Gasteiger charge is 2.32. The molecule has 2 N–H and O–H groups in total. The van der Waals surface area contributed by atoms with E-state index in [9.17, 15) is 15.0 Å². The van der Waals surface area contributed by atoms with Crippen LogP contribution in [0.2, 0.25) is 0 Å². The maximum atomic E-state index is 13.7. The number of allylic oxidation sites excluding steroid dienone is 4. The molecule has 0 aromatic heterocycles. The summed E-state index contributed by atoms with van der Waals surface area (Å²) in [6.45, 7) is 13.7. The molecule has 0 heterocycles. The molecule has 0 amide bonds. The van der Waals surface area contributed by atoms with Gasteiger partial charge in [-0.05, 0) is 173 Å². The van der Waals surface area contributed by atoms with E-state index in [0.29, 0.717) is 57.8 Å². The highest BCUT2D eigenvalue weighted by Crippen LogP contribution is 2.40. The number of benzene rings is 4. The number of ketones is 1. The first-order valence-corrected chi connectivity index (χ1v) is 20.8. The summed E-state index contributed by atoms with van der Waals surface area (Å²) < 4.78 is 35.3. The minimum absolute atomic E-state index is 0.0496. The third-order valence-corrected chi connectivity index (χ3v) is 11.6. The number of methoxy groups -OCH3 is 4. The molecular formula is C53H58O9. The van der Waals surface area contributed by atoms with Crippen LogP contribution in [-0.4, -0.2) is 50.0 Å². The van der Waals surface area contributed by atoms with Gasteiger partial charge in [0.25, 0.3) is 0 Å². The molecule has 2 aliphatic rings. The molecule has 324 valence electrons. The van der Waals surface area contributed by atoms with Crippen LogP contribution in [0.1, 0.15) is 78.4 Å². The summed E-state index contributed by atoms with van der Waals surface area (Å²) in [5.41, 5.74) is 5.06. The average molecular weight is 839 g/mol. The van der Waals surface area contributed by atoms with Crippen molar-refractivity contribution in [2.24, 2.45) is 17.8 Å². The van der Waals surface area contributed by atoms with Gasteiger partial charge in [0, 0.05) is 34.3 Å². The van der Waals surface area contributed by atoms with Gasteiger partial charge in [-0.15, -0.1) is 0 Å². The first-order valence-electron chi connectivity index (χ1n) is 20.8. The zero-order valence-electron chi connectivity index (χ0n) is 37.6. The van der Waals surface area contributed by atoms with Crippen molar-refractivity contribution in [2.75, 3.05) is 28.4 Å². The number of aliphatic hydroxyl groups is 2. The second-order valence-corrected chi connectivity index (χ2v) is 17.0. The van der Waals surface area contributed by atoms with Gasteiger partial charge in [-0.2, -0.15) is 0 Å². The van der Waals surface area contributed by atoms with Crippen LogP contribution in [0.4, 0.5) is 0 Å². The molecule has 0 fully saturated rings. The molecular weight excluding hydrogens is 781 g/mol. The Morgan fingerprint density at radius 1 is 0.694 bits per heavy atom. The van der Waals surface area contributed by atoms with Gasteiger partial charge in [0.1, 0.15) is 28.6 Å². The number of carbonyl (C=O) groups excluding carboxylic acids is 1. The zero-order chi connectivity index (χ0) is 44.9. The molecule has 9 heteroatoms. The lowest BCUT2D eigenvalue weighted by molar-refractivity contribution is 0.103. The lowest BCUT2D eigenvalue weighted by Crippen LogP contribution is -2.29. The summed E-state index contributed by atoms with van der Waals surface area (Å²) in [6, 6.07) is 22.3. The van der Waals surface area contributed by atoms with Crippen molar-refractivity contribution in [3.8, 4) is 40.6 Å². The highest BCUT2D eigenvalue weighted by atomic mass is 16.5. The Bertz CT molecular complexity index is 2480. The molecule has 0 radical (unpaired) electrons. The monoisotopic (exact) mass is 838 g/mol. The predicted octanol–water partition coefficient (Wildman–Crippen LogP) is 10.8. The molecule has 4 aromatic rings. The number of aryl methyl sites for hydroxylation is 2. The van der Waals surface area contributed by atoms with Gasteiger partial charge in [0.2, 0.25) is 0 Å². The normalized spacial score (nSPS) is 17.5. The van der Waals surface area contributed by atoms with Gasteiger partial charge < -0.3 is 38.6 Å². The molecule has 62 heavy (non-hydrogen) atoms. The van der Waals surface area contributed by atoms with Crippen LogP contribution in [0, 0.1) is 43.4 Å².